The summed E-state index contributed by atoms with van der Waals surface area (Å²) in [6, 6.07) is 9.99. The Balaban J connectivity index is 1.76. The summed E-state index contributed by atoms with van der Waals surface area (Å²) in [5.41, 5.74) is 1.06. The Bertz CT molecular complexity index is 339. The molecule has 0 aromatic heterocycles. The van der Waals surface area contributed by atoms with E-state index in [1.54, 1.807) is 0 Å². The summed E-state index contributed by atoms with van der Waals surface area (Å²) in [5.74, 6) is 0. The van der Waals surface area contributed by atoms with Crippen molar-refractivity contribution in [1.29, 1.82) is 0 Å². The van der Waals surface area contributed by atoms with Crippen molar-refractivity contribution in [2.75, 3.05) is 0 Å². The highest BCUT2D eigenvalue weighted by molar-refractivity contribution is 6.61. The normalized spacial score (nSPS) is 33.8. The van der Waals surface area contributed by atoms with Crippen molar-refractivity contribution in [2.24, 2.45) is 0 Å². The lowest BCUT2D eigenvalue weighted by Crippen LogP contribution is -2.52. The second-order valence-electron chi connectivity index (χ2n) is 4.62. The number of hydrogen-bond acceptors (Lipinski definition) is 3. The molecule has 0 spiro atoms. The zero-order valence-electron chi connectivity index (χ0n) is 9.08. The lowest BCUT2D eigenvalue weighted by molar-refractivity contribution is -0.0585. The average molecular weight is 218 g/mol. The average Bonchev–Trinajstić information content (AvgIpc) is 2.28. The van der Waals surface area contributed by atoms with E-state index in [-0.39, 0.29) is 25.4 Å². The minimum atomic E-state index is -0.263. The predicted octanol–water partition coefficient (Wildman–Crippen LogP) is 0.711. The molecule has 1 aromatic carbocycles. The molecule has 3 rings (SSSR count). The maximum Gasteiger partial charge on any atom is 0.494 e. The van der Waals surface area contributed by atoms with Gasteiger partial charge in [-0.2, -0.15) is 0 Å². The molecule has 0 unspecified atom stereocenters. The highest BCUT2D eigenvalue weighted by Gasteiger charge is 2.40. The van der Waals surface area contributed by atoms with Crippen molar-refractivity contribution < 1.29 is 14.4 Å². The first-order chi connectivity index (χ1) is 7.81. The van der Waals surface area contributed by atoms with Gasteiger partial charge in [0.2, 0.25) is 0 Å². The molecule has 1 aromatic rings. The zero-order valence-corrected chi connectivity index (χ0v) is 9.08. The zero-order chi connectivity index (χ0) is 11.0. The van der Waals surface area contributed by atoms with Gasteiger partial charge >= 0.3 is 7.12 Å². The highest BCUT2D eigenvalue weighted by Crippen LogP contribution is 2.29. The van der Waals surface area contributed by atoms with Crippen LogP contribution >= 0.6 is 0 Å². The molecule has 3 nitrogen and oxygen atoms in total. The van der Waals surface area contributed by atoms with Crippen molar-refractivity contribution in [3.8, 4) is 0 Å². The van der Waals surface area contributed by atoms with Crippen LogP contribution in [-0.4, -0.2) is 30.5 Å². The Labute approximate surface area is 95.5 Å². The van der Waals surface area contributed by atoms with Crippen molar-refractivity contribution >= 4 is 12.6 Å². The highest BCUT2D eigenvalue weighted by atomic mass is 16.6. The Kier molecular flexibility index (Phi) is 2.71. The molecule has 0 radical (unpaired) electrons. The van der Waals surface area contributed by atoms with Crippen molar-refractivity contribution in [1.82, 2.24) is 0 Å². The number of benzene rings is 1. The summed E-state index contributed by atoms with van der Waals surface area (Å²) in [6.07, 6.45) is 2.42. The minimum Gasteiger partial charge on any atom is -0.404 e. The van der Waals surface area contributed by atoms with Gasteiger partial charge in [-0.05, 0) is 24.7 Å². The van der Waals surface area contributed by atoms with Crippen molar-refractivity contribution in [2.45, 2.75) is 37.6 Å². The van der Waals surface area contributed by atoms with Gasteiger partial charge in [0.25, 0.3) is 0 Å². The van der Waals surface area contributed by atoms with Crippen LogP contribution in [-0.2, 0) is 9.31 Å². The Morgan fingerprint density at radius 2 is 1.62 bits per heavy atom. The molecule has 84 valence electrons. The molecule has 3 atom stereocenters. The van der Waals surface area contributed by atoms with E-state index in [4.69, 9.17) is 9.31 Å². The molecule has 1 aliphatic carbocycles. The van der Waals surface area contributed by atoms with Crippen LogP contribution < -0.4 is 5.46 Å². The van der Waals surface area contributed by atoms with Gasteiger partial charge in [-0.15, -0.1) is 0 Å². The van der Waals surface area contributed by atoms with Gasteiger partial charge in [0.05, 0.1) is 6.10 Å². The van der Waals surface area contributed by atoms with Crippen LogP contribution in [0.1, 0.15) is 19.3 Å². The SMILES string of the molecule is O[C@H]1C[C@@H]2C[C@H](C1)OB(c1ccccc1)O2. The summed E-state index contributed by atoms with van der Waals surface area (Å²) in [4.78, 5) is 0. The van der Waals surface area contributed by atoms with Crippen LogP contribution in [0.15, 0.2) is 30.3 Å². The van der Waals surface area contributed by atoms with Crippen LogP contribution in [0.25, 0.3) is 0 Å². The number of aliphatic hydroxyl groups is 1. The number of fused-ring (bicyclic) bond motifs is 2. The maximum absolute atomic E-state index is 9.61. The molecule has 2 fully saturated rings. The van der Waals surface area contributed by atoms with E-state index in [1.807, 2.05) is 30.3 Å². The molecular formula is C12H15BO3. The summed E-state index contributed by atoms with van der Waals surface area (Å²) < 4.78 is 11.7. The van der Waals surface area contributed by atoms with E-state index >= 15 is 0 Å². The number of aliphatic hydroxyl groups excluding tert-OH is 1. The minimum absolute atomic E-state index is 0.146. The van der Waals surface area contributed by atoms with Gasteiger partial charge in [-0.25, -0.2) is 0 Å². The van der Waals surface area contributed by atoms with Crippen LogP contribution in [0.2, 0.25) is 0 Å². The van der Waals surface area contributed by atoms with Gasteiger partial charge < -0.3 is 14.4 Å². The third-order valence-electron chi connectivity index (χ3n) is 3.30. The maximum atomic E-state index is 9.61. The van der Waals surface area contributed by atoms with Gasteiger partial charge in [-0.1, -0.05) is 30.3 Å². The summed E-state index contributed by atoms with van der Waals surface area (Å²) in [5, 5.41) is 9.61. The van der Waals surface area contributed by atoms with Crippen LogP contribution in [0.5, 0.6) is 0 Å². The Hall–Kier alpha value is -0.835. The monoisotopic (exact) mass is 218 g/mol. The molecule has 1 heterocycles. The summed E-state index contributed by atoms with van der Waals surface area (Å²) in [7, 11) is -0.252. The topological polar surface area (TPSA) is 38.7 Å². The summed E-state index contributed by atoms with van der Waals surface area (Å²) in [6.45, 7) is 0. The van der Waals surface area contributed by atoms with E-state index in [9.17, 15) is 5.11 Å². The largest absolute Gasteiger partial charge is 0.494 e. The fourth-order valence-corrected chi connectivity index (χ4v) is 2.56. The Morgan fingerprint density at radius 3 is 2.25 bits per heavy atom. The first-order valence-electron chi connectivity index (χ1n) is 5.85. The molecule has 1 saturated heterocycles. The second kappa shape index (κ2) is 4.20. The van der Waals surface area contributed by atoms with Gasteiger partial charge in [0, 0.05) is 12.2 Å². The quantitative estimate of drug-likeness (QED) is 0.705. The lowest BCUT2D eigenvalue weighted by atomic mass is 9.74. The standard InChI is InChI=1S/C12H15BO3/c14-10-6-11-8-12(7-10)16-13(15-11)9-4-2-1-3-5-9/h1-5,10-12,14H,6-8H2/t10-,11+,12-. The molecule has 1 saturated carbocycles. The molecule has 1 N–H and O–H groups in total. The van der Waals surface area contributed by atoms with Gasteiger partial charge in [-0.3, -0.25) is 0 Å². The smallest absolute Gasteiger partial charge is 0.404 e. The Morgan fingerprint density at radius 1 is 1.00 bits per heavy atom. The van der Waals surface area contributed by atoms with Gasteiger partial charge in [0.15, 0.2) is 0 Å². The van der Waals surface area contributed by atoms with Crippen LogP contribution in [0, 0.1) is 0 Å². The number of rotatable bonds is 1. The van der Waals surface area contributed by atoms with Crippen LogP contribution in [0.3, 0.4) is 0 Å². The van der Waals surface area contributed by atoms with Crippen molar-refractivity contribution in [3.05, 3.63) is 30.3 Å². The van der Waals surface area contributed by atoms with E-state index in [0.717, 1.165) is 24.7 Å². The van der Waals surface area contributed by atoms with Crippen molar-refractivity contribution in [3.63, 3.8) is 0 Å². The second-order valence-corrected chi connectivity index (χ2v) is 4.62. The van der Waals surface area contributed by atoms with E-state index in [1.165, 1.54) is 0 Å². The molecule has 4 heteroatoms. The van der Waals surface area contributed by atoms with E-state index < -0.39 is 0 Å². The van der Waals surface area contributed by atoms with E-state index in [0.29, 0.717) is 0 Å². The predicted molar refractivity (Wildman–Crippen MR) is 61.4 cm³/mol. The fourth-order valence-electron chi connectivity index (χ4n) is 2.56. The first-order valence-corrected chi connectivity index (χ1v) is 5.85. The summed E-state index contributed by atoms with van der Waals surface area (Å²) >= 11 is 0. The fraction of sp³-hybridized carbons (Fsp3) is 0.500. The third-order valence-corrected chi connectivity index (χ3v) is 3.30. The molecule has 2 aliphatic rings. The van der Waals surface area contributed by atoms with E-state index in [2.05, 4.69) is 0 Å². The first kappa shape index (κ1) is 10.3. The lowest BCUT2D eigenvalue weighted by Gasteiger charge is -2.40. The molecule has 16 heavy (non-hydrogen) atoms. The molecule has 1 aliphatic heterocycles. The third kappa shape index (κ3) is 2.01. The van der Waals surface area contributed by atoms with Crippen LogP contribution in [0.4, 0.5) is 0 Å². The number of hydrogen-bond donors (Lipinski definition) is 1. The molecule has 2 bridgehead atoms. The molecular weight excluding hydrogens is 203 g/mol. The molecule has 0 amide bonds. The van der Waals surface area contributed by atoms with Gasteiger partial charge in [0.1, 0.15) is 0 Å².